The zero-order valence-corrected chi connectivity index (χ0v) is 9.08. The lowest BCUT2D eigenvalue weighted by molar-refractivity contribution is 0.600. The van der Waals surface area contributed by atoms with E-state index in [0.717, 1.165) is 6.42 Å². The Hall–Kier alpha value is -0.940. The normalized spacial score (nSPS) is 13.9. The van der Waals surface area contributed by atoms with Crippen LogP contribution in [0.5, 0.6) is 0 Å². The van der Waals surface area contributed by atoms with Crippen LogP contribution in [-0.2, 0) is 9.84 Å². The first kappa shape index (κ1) is 11.1. The van der Waals surface area contributed by atoms with Gasteiger partial charge in [-0.25, -0.2) is 8.42 Å². The Kier molecular flexibility index (Phi) is 3.23. The van der Waals surface area contributed by atoms with E-state index in [4.69, 9.17) is 5.73 Å². The lowest BCUT2D eigenvalue weighted by atomic mass is 10.1. The summed E-state index contributed by atoms with van der Waals surface area (Å²) in [4.78, 5) is 4.30. The largest absolute Gasteiger partial charge is 0.323 e. The topological polar surface area (TPSA) is 73.1 Å². The van der Waals surface area contributed by atoms with Gasteiger partial charge in [0, 0.05) is 18.5 Å². The van der Waals surface area contributed by atoms with Gasteiger partial charge in [0.1, 0.15) is 0 Å². The summed E-state index contributed by atoms with van der Waals surface area (Å²) >= 11 is 0. The van der Waals surface area contributed by atoms with Crippen molar-refractivity contribution in [2.75, 3.05) is 6.26 Å². The van der Waals surface area contributed by atoms with Crippen molar-refractivity contribution in [1.82, 2.24) is 4.98 Å². The third-order valence-corrected chi connectivity index (χ3v) is 3.11. The summed E-state index contributed by atoms with van der Waals surface area (Å²) in [5.41, 5.74) is 6.37. The molecule has 0 amide bonds. The molecule has 1 heterocycles. The van der Waals surface area contributed by atoms with Crippen LogP contribution in [-0.4, -0.2) is 19.7 Å². The fourth-order valence-electron chi connectivity index (χ4n) is 1.07. The molecule has 0 bridgehead atoms. The van der Waals surface area contributed by atoms with Gasteiger partial charge in [-0.05, 0) is 18.6 Å². The third kappa shape index (κ3) is 2.52. The summed E-state index contributed by atoms with van der Waals surface area (Å²) in [6, 6.07) is 2.81. The van der Waals surface area contributed by atoms with Gasteiger partial charge >= 0.3 is 0 Å². The maximum atomic E-state index is 11.2. The lowest BCUT2D eigenvalue weighted by Gasteiger charge is -2.08. The molecule has 0 radical (unpaired) electrons. The fourth-order valence-corrected chi connectivity index (χ4v) is 1.71. The molecule has 1 aromatic heterocycles. The second kappa shape index (κ2) is 4.06. The van der Waals surface area contributed by atoms with Crippen molar-refractivity contribution in [2.45, 2.75) is 24.3 Å². The predicted octanol–water partition coefficient (Wildman–Crippen LogP) is 0.895. The van der Waals surface area contributed by atoms with Gasteiger partial charge in [0.15, 0.2) is 9.84 Å². The Morgan fingerprint density at radius 1 is 1.57 bits per heavy atom. The van der Waals surface area contributed by atoms with Crippen molar-refractivity contribution >= 4 is 9.84 Å². The zero-order valence-electron chi connectivity index (χ0n) is 8.27. The van der Waals surface area contributed by atoms with Crippen LogP contribution in [0, 0.1) is 0 Å². The molecular formula is C9H14N2O2S. The second-order valence-corrected chi connectivity index (χ2v) is 5.22. The monoisotopic (exact) mass is 214 g/mol. The summed E-state index contributed by atoms with van der Waals surface area (Å²) in [6.45, 7) is 1.93. The molecule has 0 aliphatic rings. The number of nitrogens with two attached hydrogens (primary N) is 1. The van der Waals surface area contributed by atoms with Crippen molar-refractivity contribution in [3.05, 3.63) is 24.0 Å². The molecule has 2 N–H and O–H groups in total. The van der Waals surface area contributed by atoms with Crippen molar-refractivity contribution in [3.8, 4) is 0 Å². The van der Waals surface area contributed by atoms with E-state index in [-0.39, 0.29) is 10.9 Å². The maximum Gasteiger partial charge on any atom is 0.175 e. The van der Waals surface area contributed by atoms with Crippen molar-refractivity contribution in [3.63, 3.8) is 0 Å². The average Bonchev–Trinajstić information content (AvgIpc) is 2.15. The van der Waals surface area contributed by atoms with Crippen LogP contribution in [0.1, 0.15) is 25.1 Å². The Bertz CT molecular complexity index is 415. The number of hydrogen-bond acceptors (Lipinski definition) is 4. The number of aromatic nitrogens is 1. The molecule has 1 atom stereocenters. The first-order valence-electron chi connectivity index (χ1n) is 4.36. The predicted molar refractivity (Wildman–Crippen MR) is 54.6 cm³/mol. The molecule has 78 valence electrons. The summed E-state index contributed by atoms with van der Waals surface area (Å²) < 4.78 is 22.5. The number of sulfone groups is 1. The Morgan fingerprint density at radius 3 is 2.71 bits per heavy atom. The standard InChI is InChI=1S/C9H14N2O2S/c1-3-8(10)9-6-7(4-5-11-9)14(2,12)13/h4-6,8H,3,10H2,1-2H3/t8-/m0/s1. The maximum absolute atomic E-state index is 11.2. The van der Waals surface area contributed by atoms with Gasteiger partial charge in [0.25, 0.3) is 0 Å². The molecule has 5 heteroatoms. The zero-order chi connectivity index (χ0) is 10.8. The molecule has 0 saturated heterocycles. The average molecular weight is 214 g/mol. The van der Waals surface area contributed by atoms with E-state index in [1.165, 1.54) is 24.6 Å². The van der Waals surface area contributed by atoms with Gasteiger partial charge in [-0.1, -0.05) is 6.92 Å². The van der Waals surface area contributed by atoms with Crippen molar-refractivity contribution < 1.29 is 8.42 Å². The summed E-state index contributed by atoms with van der Waals surface area (Å²) in [5, 5.41) is 0. The summed E-state index contributed by atoms with van der Waals surface area (Å²) in [7, 11) is -3.16. The first-order chi connectivity index (χ1) is 6.45. The van der Waals surface area contributed by atoms with Crippen LogP contribution >= 0.6 is 0 Å². The lowest BCUT2D eigenvalue weighted by Crippen LogP contribution is -2.11. The molecule has 1 aromatic rings. The van der Waals surface area contributed by atoms with Gasteiger partial charge in [0.05, 0.1) is 10.6 Å². The number of hydrogen-bond donors (Lipinski definition) is 1. The van der Waals surface area contributed by atoms with Crippen molar-refractivity contribution in [2.24, 2.45) is 5.73 Å². The molecule has 0 aliphatic carbocycles. The molecule has 1 rings (SSSR count). The van der Waals surface area contributed by atoms with Crippen LogP contribution in [0.2, 0.25) is 0 Å². The number of nitrogens with zero attached hydrogens (tertiary/aromatic N) is 1. The second-order valence-electron chi connectivity index (χ2n) is 3.20. The quantitative estimate of drug-likeness (QED) is 0.811. The molecule has 0 aromatic carbocycles. The first-order valence-corrected chi connectivity index (χ1v) is 6.26. The molecule has 0 unspecified atom stereocenters. The van der Waals surface area contributed by atoms with Gasteiger partial charge in [-0.2, -0.15) is 0 Å². The van der Waals surface area contributed by atoms with E-state index in [1.807, 2.05) is 6.92 Å². The molecule has 0 fully saturated rings. The molecule has 0 spiro atoms. The van der Waals surface area contributed by atoms with Crippen LogP contribution in [0.3, 0.4) is 0 Å². The minimum atomic E-state index is -3.16. The highest BCUT2D eigenvalue weighted by atomic mass is 32.2. The van der Waals surface area contributed by atoms with Crippen LogP contribution < -0.4 is 5.73 Å². The van der Waals surface area contributed by atoms with E-state index in [0.29, 0.717) is 5.69 Å². The van der Waals surface area contributed by atoms with Gasteiger partial charge in [-0.3, -0.25) is 4.98 Å². The molecule has 0 saturated carbocycles. The van der Waals surface area contributed by atoms with Crippen LogP contribution in [0.25, 0.3) is 0 Å². The summed E-state index contributed by atoms with van der Waals surface area (Å²) in [5.74, 6) is 0. The molecule has 14 heavy (non-hydrogen) atoms. The fraction of sp³-hybridized carbons (Fsp3) is 0.444. The smallest absolute Gasteiger partial charge is 0.175 e. The number of pyridine rings is 1. The highest BCUT2D eigenvalue weighted by Gasteiger charge is 2.10. The van der Waals surface area contributed by atoms with E-state index < -0.39 is 9.84 Å². The minimum Gasteiger partial charge on any atom is -0.323 e. The van der Waals surface area contributed by atoms with E-state index >= 15 is 0 Å². The van der Waals surface area contributed by atoms with E-state index in [2.05, 4.69) is 4.98 Å². The van der Waals surface area contributed by atoms with Crippen LogP contribution in [0.4, 0.5) is 0 Å². The minimum absolute atomic E-state index is 0.198. The van der Waals surface area contributed by atoms with Crippen LogP contribution in [0.15, 0.2) is 23.2 Å². The van der Waals surface area contributed by atoms with E-state index in [1.54, 1.807) is 0 Å². The van der Waals surface area contributed by atoms with Gasteiger partial charge in [0.2, 0.25) is 0 Å². The summed E-state index contributed by atoms with van der Waals surface area (Å²) in [6.07, 6.45) is 3.38. The molecule has 0 aliphatic heterocycles. The Balaban J connectivity index is 3.14. The van der Waals surface area contributed by atoms with E-state index in [9.17, 15) is 8.42 Å². The SMILES string of the molecule is CC[C@H](N)c1cc(S(C)(=O)=O)ccn1. The van der Waals surface area contributed by atoms with Crippen molar-refractivity contribution in [1.29, 1.82) is 0 Å². The Labute approximate surface area is 84.1 Å². The Morgan fingerprint density at radius 2 is 2.21 bits per heavy atom. The molecule has 4 nitrogen and oxygen atoms in total. The third-order valence-electron chi connectivity index (χ3n) is 2.00. The number of rotatable bonds is 3. The van der Waals surface area contributed by atoms with Gasteiger partial charge < -0.3 is 5.73 Å². The molecular weight excluding hydrogens is 200 g/mol. The van der Waals surface area contributed by atoms with Gasteiger partial charge in [-0.15, -0.1) is 0 Å². The highest BCUT2D eigenvalue weighted by Crippen LogP contribution is 2.15. The highest BCUT2D eigenvalue weighted by molar-refractivity contribution is 7.90.